The van der Waals surface area contributed by atoms with Gasteiger partial charge in [0.15, 0.2) is 0 Å². The molecule has 5 heteroatoms. The Labute approximate surface area is 105 Å². The molecule has 1 atom stereocenters. The Hall–Kier alpha value is -1.13. The fourth-order valence-electron chi connectivity index (χ4n) is 1.89. The van der Waals surface area contributed by atoms with Crippen LogP contribution in [0.2, 0.25) is 5.15 Å². The lowest BCUT2D eigenvalue weighted by molar-refractivity contribution is 0.0206. The van der Waals surface area contributed by atoms with E-state index >= 15 is 0 Å². The molecule has 0 aliphatic carbocycles. The Bertz CT molecular complexity index is 417. The van der Waals surface area contributed by atoms with Gasteiger partial charge in [0.05, 0.1) is 5.60 Å². The summed E-state index contributed by atoms with van der Waals surface area (Å²) in [5.74, 6) is -0.147. The van der Waals surface area contributed by atoms with Crippen LogP contribution >= 0.6 is 11.6 Å². The predicted octanol–water partition coefficient (Wildman–Crippen LogP) is 2.03. The van der Waals surface area contributed by atoms with E-state index < -0.39 is 0 Å². The van der Waals surface area contributed by atoms with Crippen LogP contribution in [0.5, 0.6) is 0 Å². The minimum atomic E-state index is -0.230. The minimum Gasteiger partial charge on any atom is -0.373 e. The van der Waals surface area contributed by atoms with Crippen molar-refractivity contribution in [2.24, 2.45) is 0 Å². The molecule has 1 saturated heterocycles. The summed E-state index contributed by atoms with van der Waals surface area (Å²) < 4.78 is 5.60. The Morgan fingerprint density at radius 2 is 2.53 bits per heavy atom. The molecule has 1 amide bonds. The predicted molar refractivity (Wildman–Crippen MR) is 65.2 cm³/mol. The normalized spacial score (nSPS) is 23.6. The van der Waals surface area contributed by atoms with Crippen LogP contribution in [0.4, 0.5) is 0 Å². The average molecular weight is 255 g/mol. The number of nitrogens with one attached hydrogen (secondary N) is 1. The first-order chi connectivity index (χ1) is 8.09. The van der Waals surface area contributed by atoms with E-state index in [1.165, 1.54) is 6.20 Å². The molecule has 1 unspecified atom stereocenters. The topological polar surface area (TPSA) is 51.2 Å². The lowest BCUT2D eigenvalue weighted by atomic mass is 10.0. The van der Waals surface area contributed by atoms with Gasteiger partial charge >= 0.3 is 0 Å². The second-order valence-corrected chi connectivity index (χ2v) is 4.84. The van der Waals surface area contributed by atoms with Gasteiger partial charge in [0.2, 0.25) is 0 Å². The third-order valence-corrected chi connectivity index (χ3v) is 3.12. The van der Waals surface area contributed by atoms with Crippen LogP contribution in [0.25, 0.3) is 0 Å². The van der Waals surface area contributed by atoms with E-state index in [9.17, 15) is 4.79 Å². The molecule has 0 aromatic carbocycles. The summed E-state index contributed by atoms with van der Waals surface area (Å²) in [6.07, 6.45) is 3.54. The van der Waals surface area contributed by atoms with Crippen LogP contribution in [-0.2, 0) is 4.74 Å². The van der Waals surface area contributed by atoms with Gasteiger partial charge in [0.1, 0.15) is 5.15 Å². The van der Waals surface area contributed by atoms with Crippen LogP contribution in [0.3, 0.4) is 0 Å². The van der Waals surface area contributed by atoms with Gasteiger partial charge in [0, 0.05) is 24.9 Å². The molecule has 0 saturated carbocycles. The Morgan fingerprint density at radius 3 is 3.18 bits per heavy atom. The second kappa shape index (κ2) is 5.02. The molecule has 0 bridgehead atoms. The highest BCUT2D eigenvalue weighted by Crippen LogP contribution is 2.24. The Kier molecular flexibility index (Phi) is 3.64. The average Bonchev–Trinajstić information content (AvgIpc) is 2.74. The fourth-order valence-corrected chi connectivity index (χ4v) is 2.06. The maximum atomic E-state index is 11.8. The van der Waals surface area contributed by atoms with Gasteiger partial charge in [-0.3, -0.25) is 4.79 Å². The highest BCUT2D eigenvalue weighted by atomic mass is 35.5. The number of halogens is 1. The first-order valence-electron chi connectivity index (χ1n) is 5.63. The molecule has 2 rings (SSSR count). The number of hydrogen-bond donors (Lipinski definition) is 1. The van der Waals surface area contributed by atoms with Gasteiger partial charge < -0.3 is 10.1 Å². The molecule has 1 aromatic heterocycles. The number of amides is 1. The number of rotatable bonds is 3. The summed E-state index contributed by atoms with van der Waals surface area (Å²) >= 11 is 5.73. The van der Waals surface area contributed by atoms with E-state index in [1.54, 1.807) is 12.1 Å². The Morgan fingerprint density at radius 1 is 1.71 bits per heavy atom. The zero-order valence-electron chi connectivity index (χ0n) is 9.70. The molecule has 1 N–H and O–H groups in total. The van der Waals surface area contributed by atoms with Crippen LogP contribution in [0.15, 0.2) is 18.3 Å². The Balaban J connectivity index is 1.93. The second-order valence-electron chi connectivity index (χ2n) is 4.45. The van der Waals surface area contributed by atoms with Gasteiger partial charge in [-0.05, 0) is 31.9 Å². The molecule has 92 valence electrons. The smallest absolute Gasteiger partial charge is 0.251 e. The van der Waals surface area contributed by atoms with E-state index in [2.05, 4.69) is 10.3 Å². The summed E-state index contributed by atoms with van der Waals surface area (Å²) in [4.78, 5) is 15.7. The summed E-state index contributed by atoms with van der Waals surface area (Å²) in [7, 11) is 0. The van der Waals surface area contributed by atoms with Crippen LogP contribution < -0.4 is 5.32 Å². The quantitative estimate of drug-likeness (QED) is 0.840. The number of ether oxygens (including phenoxy) is 1. The van der Waals surface area contributed by atoms with E-state index in [-0.39, 0.29) is 11.5 Å². The van der Waals surface area contributed by atoms with Crippen molar-refractivity contribution in [1.82, 2.24) is 10.3 Å². The summed E-state index contributed by atoms with van der Waals surface area (Å²) in [6, 6.07) is 3.19. The molecule has 0 spiro atoms. The number of carbonyl (C=O) groups is 1. The van der Waals surface area contributed by atoms with Crippen molar-refractivity contribution < 1.29 is 9.53 Å². The van der Waals surface area contributed by atoms with Gasteiger partial charge in [-0.1, -0.05) is 11.6 Å². The van der Waals surface area contributed by atoms with Crippen molar-refractivity contribution in [3.8, 4) is 0 Å². The maximum Gasteiger partial charge on any atom is 0.251 e. The van der Waals surface area contributed by atoms with Crippen molar-refractivity contribution in [2.45, 2.75) is 25.4 Å². The minimum absolute atomic E-state index is 0.147. The summed E-state index contributed by atoms with van der Waals surface area (Å²) in [6.45, 7) is 3.30. The van der Waals surface area contributed by atoms with Crippen molar-refractivity contribution in [1.29, 1.82) is 0 Å². The fraction of sp³-hybridized carbons (Fsp3) is 0.500. The molecule has 2 heterocycles. The maximum absolute atomic E-state index is 11.8. The van der Waals surface area contributed by atoms with Crippen molar-refractivity contribution in [2.75, 3.05) is 13.2 Å². The number of carbonyl (C=O) groups excluding carboxylic acids is 1. The summed E-state index contributed by atoms with van der Waals surface area (Å²) in [5.41, 5.74) is 0.290. The van der Waals surface area contributed by atoms with Crippen LogP contribution in [-0.4, -0.2) is 29.6 Å². The zero-order chi connectivity index (χ0) is 12.3. The highest BCUT2D eigenvalue weighted by Gasteiger charge is 2.30. The molecule has 1 aliphatic rings. The van der Waals surface area contributed by atoms with E-state index in [1.807, 2.05) is 6.92 Å². The molecule has 1 aromatic rings. The zero-order valence-corrected chi connectivity index (χ0v) is 10.5. The van der Waals surface area contributed by atoms with Gasteiger partial charge in [-0.25, -0.2) is 4.98 Å². The molecule has 4 nitrogen and oxygen atoms in total. The molecule has 1 aliphatic heterocycles. The lowest BCUT2D eigenvalue weighted by Gasteiger charge is -2.23. The third kappa shape index (κ3) is 3.17. The van der Waals surface area contributed by atoms with Crippen LogP contribution in [0.1, 0.15) is 30.1 Å². The molecule has 17 heavy (non-hydrogen) atoms. The number of aromatic nitrogens is 1. The van der Waals surface area contributed by atoms with Crippen molar-refractivity contribution in [3.05, 3.63) is 29.0 Å². The third-order valence-electron chi connectivity index (χ3n) is 2.91. The molecule has 1 fully saturated rings. The number of pyridine rings is 1. The van der Waals surface area contributed by atoms with E-state index in [0.29, 0.717) is 17.3 Å². The number of nitrogens with zero attached hydrogens (tertiary/aromatic N) is 1. The van der Waals surface area contributed by atoms with Crippen LogP contribution in [0, 0.1) is 0 Å². The monoisotopic (exact) mass is 254 g/mol. The molecule has 0 radical (unpaired) electrons. The molecular formula is C12H15ClN2O2. The lowest BCUT2D eigenvalue weighted by Crippen LogP contribution is -2.40. The van der Waals surface area contributed by atoms with E-state index in [4.69, 9.17) is 16.3 Å². The van der Waals surface area contributed by atoms with Gasteiger partial charge in [0.25, 0.3) is 5.91 Å². The largest absolute Gasteiger partial charge is 0.373 e. The van der Waals surface area contributed by atoms with Crippen molar-refractivity contribution in [3.63, 3.8) is 0 Å². The summed E-state index contributed by atoms with van der Waals surface area (Å²) in [5, 5.41) is 3.18. The standard InChI is InChI=1S/C12H15ClN2O2/c1-12(4-2-6-17-12)8-15-11(16)9-3-5-14-10(13)7-9/h3,5,7H,2,4,6,8H2,1H3,(H,15,16). The number of hydrogen-bond acceptors (Lipinski definition) is 3. The molecular weight excluding hydrogens is 240 g/mol. The first kappa shape index (κ1) is 12.3. The van der Waals surface area contributed by atoms with E-state index in [0.717, 1.165) is 19.4 Å². The van der Waals surface area contributed by atoms with Gasteiger partial charge in [-0.2, -0.15) is 0 Å². The SMILES string of the molecule is CC1(CNC(=O)c2ccnc(Cl)c2)CCCO1. The highest BCUT2D eigenvalue weighted by molar-refractivity contribution is 6.29. The van der Waals surface area contributed by atoms with Crippen molar-refractivity contribution >= 4 is 17.5 Å². The first-order valence-corrected chi connectivity index (χ1v) is 6.01. The van der Waals surface area contributed by atoms with Gasteiger partial charge in [-0.15, -0.1) is 0 Å².